The van der Waals surface area contributed by atoms with Crippen LogP contribution in [0.5, 0.6) is 0 Å². The van der Waals surface area contributed by atoms with Crippen molar-refractivity contribution in [1.82, 2.24) is 4.98 Å². The van der Waals surface area contributed by atoms with Crippen molar-refractivity contribution in [3.63, 3.8) is 0 Å². The Kier molecular flexibility index (Phi) is 3.73. The normalized spacial score (nSPS) is 11.4. The van der Waals surface area contributed by atoms with Gasteiger partial charge in [0.2, 0.25) is 0 Å². The molecule has 0 radical (unpaired) electrons. The van der Waals surface area contributed by atoms with E-state index < -0.39 is 0 Å². The molecule has 1 aromatic carbocycles. The Morgan fingerprint density at radius 1 is 1.24 bits per heavy atom. The van der Waals surface area contributed by atoms with E-state index in [9.17, 15) is 0 Å². The summed E-state index contributed by atoms with van der Waals surface area (Å²) in [5.74, 6) is 0.574. The Balaban J connectivity index is 2.68. The van der Waals surface area contributed by atoms with Gasteiger partial charge in [0.05, 0.1) is 5.52 Å². The second-order valence-electron chi connectivity index (χ2n) is 4.55. The van der Waals surface area contributed by atoms with E-state index in [1.807, 2.05) is 18.2 Å². The van der Waals surface area contributed by atoms with Crippen molar-refractivity contribution in [2.75, 3.05) is 5.73 Å². The van der Waals surface area contributed by atoms with Gasteiger partial charge in [-0.25, -0.2) is 0 Å². The first-order chi connectivity index (χ1) is 7.99. The van der Waals surface area contributed by atoms with Gasteiger partial charge < -0.3 is 5.73 Å². The van der Waals surface area contributed by atoms with E-state index >= 15 is 0 Å². The Hall–Kier alpha value is -0.610. The van der Waals surface area contributed by atoms with Crippen LogP contribution in [0.2, 0.25) is 0 Å². The van der Waals surface area contributed by atoms with Crippen LogP contribution in [0.25, 0.3) is 10.9 Å². The van der Waals surface area contributed by atoms with Crippen LogP contribution in [0.1, 0.15) is 19.5 Å². The molecule has 0 spiro atoms. The van der Waals surface area contributed by atoms with Gasteiger partial charge >= 0.3 is 0 Å². The zero-order chi connectivity index (χ0) is 12.6. The minimum Gasteiger partial charge on any atom is -0.398 e. The van der Waals surface area contributed by atoms with Crippen LogP contribution in [0, 0.1) is 5.92 Å². The minimum absolute atomic E-state index is 0.574. The summed E-state index contributed by atoms with van der Waals surface area (Å²) in [5.41, 5.74) is 8.86. The highest BCUT2D eigenvalue weighted by molar-refractivity contribution is 9.11. The highest BCUT2D eigenvalue weighted by atomic mass is 79.9. The fourth-order valence-corrected chi connectivity index (χ4v) is 2.84. The molecule has 0 fully saturated rings. The first-order valence-electron chi connectivity index (χ1n) is 5.52. The van der Waals surface area contributed by atoms with Crippen molar-refractivity contribution in [3.8, 4) is 0 Å². The first-order valence-corrected chi connectivity index (χ1v) is 7.10. The van der Waals surface area contributed by atoms with Crippen LogP contribution >= 0.6 is 31.9 Å². The maximum Gasteiger partial charge on any atom is 0.0879 e. The Morgan fingerprint density at radius 3 is 2.53 bits per heavy atom. The minimum atomic E-state index is 0.574. The summed E-state index contributed by atoms with van der Waals surface area (Å²) in [6, 6.07) is 5.93. The average molecular weight is 358 g/mol. The largest absolute Gasteiger partial charge is 0.398 e. The third-order valence-corrected chi connectivity index (χ3v) is 3.86. The van der Waals surface area contributed by atoms with E-state index in [4.69, 9.17) is 5.73 Å². The van der Waals surface area contributed by atoms with Gasteiger partial charge in [0.15, 0.2) is 0 Å². The van der Waals surface area contributed by atoms with E-state index in [1.54, 1.807) is 0 Å². The lowest BCUT2D eigenvalue weighted by atomic mass is 10.1. The third kappa shape index (κ3) is 2.63. The molecule has 2 nitrogen and oxygen atoms in total. The van der Waals surface area contributed by atoms with E-state index in [0.29, 0.717) is 5.92 Å². The molecule has 0 saturated heterocycles. The number of aromatic nitrogens is 1. The number of benzene rings is 1. The maximum atomic E-state index is 6.11. The van der Waals surface area contributed by atoms with Crippen molar-refractivity contribution in [1.29, 1.82) is 0 Å². The lowest BCUT2D eigenvalue weighted by molar-refractivity contribution is 0.637. The monoisotopic (exact) mass is 356 g/mol. The Bertz CT molecular complexity index is 565. The molecule has 2 rings (SSSR count). The molecule has 2 N–H and O–H groups in total. The second kappa shape index (κ2) is 4.94. The molecule has 17 heavy (non-hydrogen) atoms. The van der Waals surface area contributed by atoms with Gasteiger partial charge in [-0.15, -0.1) is 0 Å². The number of nitrogen functional groups attached to an aromatic ring is 1. The topological polar surface area (TPSA) is 38.9 Å². The quantitative estimate of drug-likeness (QED) is 0.856. The zero-order valence-corrected chi connectivity index (χ0v) is 13.0. The molecule has 0 saturated carbocycles. The molecule has 0 aliphatic carbocycles. The van der Waals surface area contributed by atoms with E-state index in [1.165, 1.54) is 0 Å². The molecule has 1 heterocycles. The molecule has 1 aromatic heterocycles. The van der Waals surface area contributed by atoms with Gasteiger partial charge in [0.25, 0.3) is 0 Å². The van der Waals surface area contributed by atoms with Crippen molar-refractivity contribution >= 4 is 48.5 Å². The van der Waals surface area contributed by atoms with Crippen LogP contribution in [-0.2, 0) is 6.42 Å². The fraction of sp³-hybridized carbons (Fsp3) is 0.308. The summed E-state index contributed by atoms with van der Waals surface area (Å²) >= 11 is 7.04. The van der Waals surface area contributed by atoms with Gasteiger partial charge in [-0.1, -0.05) is 29.8 Å². The molecule has 2 aromatic rings. The van der Waals surface area contributed by atoms with Crippen molar-refractivity contribution in [2.24, 2.45) is 5.92 Å². The number of nitrogens with zero attached hydrogens (tertiary/aromatic N) is 1. The molecule has 0 amide bonds. The van der Waals surface area contributed by atoms with Crippen LogP contribution in [-0.4, -0.2) is 4.98 Å². The summed E-state index contributed by atoms with van der Waals surface area (Å²) in [7, 11) is 0. The first kappa shape index (κ1) is 12.8. The van der Waals surface area contributed by atoms with Gasteiger partial charge in [0, 0.05) is 25.7 Å². The molecular formula is C13H14Br2N2. The molecule has 0 aliphatic heterocycles. The van der Waals surface area contributed by atoms with Gasteiger partial charge in [-0.3, -0.25) is 4.98 Å². The highest BCUT2D eigenvalue weighted by Crippen LogP contribution is 2.33. The lowest BCUT2D eigenvalue weighted by Gasteiger charge is -2.10. The number of fused-ring (bicyclic) bond motifs is 1. The van der Waals surface area contributed by atoms with Crippen LogP contribution < -0.4 is 5.73 Å². The van der Waals surface area contributed by atoms with E-state index in [2.05, 4.69) is 50.7 Å². The van der Waals surface area contributed by atoms with Crippen LogP contribution in [0.4, 0.5) is 5.69 Å². The predicted octanol–water partition coefficient (Wildman–Crippen LogP) is 4.54. The number of halogens is 2. The predicted molar refractivity (Wildman–Crippen MR) is 80.1 cm³/mol. The molecule has 0 aliphatic rings. The number of nitrogens with two attached hydrogens (primary N) is 1. The SMILES string of the molecule is CC(C)Cc1cc(N)c2c(Br)ccc(Br)c2n1. The molecular weight excluding hydrogens is 344 g/mol. The second-order valence-corrected chi connectivity index (χ2v) is 6.26. The van der Waals surface area contributed by atoms with Crippen LogP contribution in [0.15, 0.2) is 27.1 Å². The van der Waals surface area contributed by atoms with E-state index in [-0.39, 0.29) is 0 Å². The smallest absolute Gasteiger partial charge is 0.0879 e. The number of hydrogen-bond acceptors (Lipinski definition) is 2. The van der Waals surface area contributed by atoms with Crippen molar-refractivity contribution < 1.29 is 0 Å². The van der Waals surface area contributed by atoms with Crippen molar-refractivity contribution in [3.05, 3.63) is 32.8 Å². The van der Waals surface area contributed by atoms with Crippen molar-refractivity contribution in [2.45, 2.75) is 20.3 Å². The average Bonchev–Trinajstić information content (AvgIpc) is 2.22. The summed E-state index contributed by atoms with van der Waals surface area (Å²) in [5, 5.41) is 0.979. The molecule has 0 unspecified atom stereocenters. The summed E-state index contributed by atoms with van der Waals surface area (Å²) in [4.78, 5) is 4.68. The molecule has 0 bridgehead atoms. The lowest BCUT2D eigenvalue weighted by Crippen LogP contribution is -2.00. The van der Waals surface area contributed by atoms with Gasteiger partial charge in [-0.05, 0) is 46.5 Å². The Labute approximate surface area is 118 Å². The number of anilines is 1. The number of hydrogen-bond donors (Lipinski definition) is 1. The fourth-order valence-electron chi connectivity index (χ4n) is 1.88. The highest BCUT2D eigenvalue weighted by Gasteiger charge is 2.10. The number of rotatable bonds is 2. The standard InChI is InChI=1S/C13H14Br2N2/c1-7(2)5-8-6-11(16)12-9(14)3-4-10(15)13(12)17-8/h3-4,6-7H,5H2,1-2H3,(H2,16,17). The summed E-state index contributed by atoms with van der Waals surface area (Å²) in [6.07, 6.45) is 0.944. The molecule has 90 valence electrons. The molecule has 4 heteroatoms. The number of pyridine rings is 1. The van der Waals surface area contributed by atoms with Gasteiger partial charge in [0.1, 0.15) is 0 Å². The van der Waals surface area contributed by atoms with E-state index in [0.717, 1.165) is 37.7 Å². The maximum absolute atomic E-state index is 6.11. The zero-order valence-electron chi connectivity index (χ0n) is 9.80. The summed E-state index contributed by atoms with van der Waals surface area (Å²) in [6.45, 7) is 4.36. The Morgan fingerprint density at radius 2 is 1.88 bits per heavy atom. The van der Waals surface area contributed by atoms with Crippen LogP contribution in [0.3, 0.4) is 0 Å². The van der Waals surface area contributed by atoms with Gasteiger partial charge in [-0.2, -0.15) is 0 Å². The third-order valence-electron chi connectivity index (χ3n) is 2.56. The molecule has 0 atom stereocenters. The summed E-state index contributed by atoms with van der Waals surface area (Å²) < 4.78 is 1.96.